The Kier molecular flexibility index (Phi) is 4.34. The molecule has 0 unspecified atom stereocenters. The van der Waals surface area contributed by atoms with Crippen molar-refractivity contribution in [2.24, 2.45) is 5.92 Å². The summed E-state index contributed by atoms with van der Waals surface area (Å²) in [6.45, 7) is 0.0175. The summed E-state index contributed by atoms with van der Waals surface area (Å²) in [6.07, 6.45) is -0.889. The second-order valence-electron chi connectivity index (χ2n) is 4.91. The molecule has 1 aliphatic rings. The van der Waals surface area contributed by atoms with E-state index < -0.39 is 11.7 Å². The minimum Gasteiger partial charge on any atom is -0.490 e. The minimum atomic E-state index is -4.36. The molecule has 0 bridgehead atoms. The van der Waals surface area contributed by atoms with Gasteiger partial charge in [0.2, 0.25) is 0 Å². The number of rotatable bonds is 3. The maximum absolute atomic E-state index is 12.6. The van der Waals surface area contributed by atoms with Gasteiger partial charge in [0.1, 0.15) is 11.9 Å². The Bertz CT molecular complexity index is 417. The topological polar surface area (TPSA) is 29.5 Å². The van der Waals surface area contributed by atoms with Gasteiger partial charge in [0.25, 0.3) is 0 Å². The van der Waals surface area contributed by atoms with Crippen LogP contribution in [-0.4, -0.2) is 17.8 Å². The van der Waals surface area contributed by atoms with Crippen LogP contribution in [0.15, 0.2) is 24.3 Å². The van der Waals surface area contributed by atoms with Gasteiger partial charge >= 0.3 is 6.18 Å². The summed E-state index contributed by atoms with van der Waals surface area (Å²) in [7, 11) is 0. The second-order valence-corrected chi connectivity index (χ2v) is 4.91. The van der Waals surface area contributed by atoms with E-state index in [2.05, 4.69) is 0 Å². The Balaban J connectivity index is 2.10. The van der Waals surface area contributed by atoms with E-state index >= 15 is 0 Å². The molecule has 1 aromatic carbocycles. The van der Waals surface area contributed by atoms with Crippen molar-refractivity contribution in [3.63, 3.8) is 0 Å². The van der Waals surface area contributed by atoms with Crippen LogP contribution in [0.2, 0.25) is 0 Å². The monoisotopic (exact) mass is 274 g/mol. The molecule has 0 aromatic heterocycles. The van der Waals surface area contributed by atoms with E-state index in [9.17, 15) is 18.3 Å². The van der Waals surface area contributed by atoms with Crippen molar-refractivity contribution in [2.45, 2.75) is 38.0 Å². The van der Waals surface area contributed by atoms with Gasteiger partial charge in [0.15, 0.2) is 0 Å². The molecule has 0 saturated heterocycles. The molecule has 0 amide bonds. The molecular formula is C14H17F3O2. The Morgan fingerprint density at radius 1 is 1.21 bits per heavy atom. The van der Waals surface area contributed by atoms with Crippen LogP contribution in [0, 0.1) is 5.92 Å². The first-order chi connectivity index (χ1) is 9.00. The fourth-order valence-electron chi connectivity index (χ4n) is 2.46. The first kappa shape index (κ1) is 14.2. The Labute approximate surface area is 110 Å². The van der Waals surface area contributed by atoms with Crippen molar-refractivity contribution < 1.29 is 23.0 Å². The van der Waals surface area contributed by atoms with E-state index in [0.717, 1.165) is 37.8 Å². The smallest absolute Gasteiger partial charge is 0.416 e. The number of alkyl halides is 3. The maximum Gasteiger partial charge on any atom is 0.416 e. The lowest BCUT2D eigenvalue weighted by atomic mass is 9.87. The molecule has 2 rings (SSSR count). The molecule has 106 valence electrons. The molecule has 1 aliphatic carbocycles. The third-order valence-electron chi connectivity index (χ3n) is 3.52. The summed E-state index contributed by atoms with van der Waals surface area (Å²) in [5.74, 6) is 0.239. The van der Waals surface area contributed by atoms with Gasteiger partial charge in [-0.3, -0.25) is 0 Å². The minimum absolute atomic E-state index is 0.0169. The average molecular weight is 274 g/mol. The van der Waals surface area contributed by atoms with Crippen LogP contribution in [0.25, 0.3) is 0 Å². The average Bonchev–Trinajstić information content (AvgIpc) is 2.39. The highest BCUT2D eigenvalue weighted by atomic mass is 19.4. The van der Waals surface area contributed by atoms with Crippen LogP contribution in [0.3, 0.4) is 0 Å². The second kappa shape index (κ2) is 5.82. The predicted octanol–water partition coefficient (Wildman–Crippen LogP) is 3.64. The Hall–Kier alpha value is -1.23. The van der Waals surface area contributed by atoms with E-state index in [1.165, 1.54) is 12.1 Å². The van der Waals surface area contributed by atoms with Crippen molar-refractivity contribution in [3.8, 4) is 5.75 Å². The molecule has 1 N–H and O–H groups in total. The first-order valence-electron chi connectivity index (χ1n) is 6.45. The molecule has 0 spiro atoms. The number of aliphatic hydroxyl groups excluding tert-OH is 1. The van der Waals surface area contributed by atoms with Gasteiger partial charge in [-0.2, -0.15) is 13.2 Å². The van der Waals surface area contributed by atoms with Crippen molar-refractivity contribution >= 4 is 0 Å². The van der Waals surface area contributed by atoms with E-state index in [1.807, 2.05) is 0 Å². The summed E-state index contributed by atoms with van der Waals surface area (Å²) in [4.78, 5) is 0. The van der Waals surface area contributed by atoms with Crippen molar-refractivity contribution in [1.29, 1.82) is 0 Å². The standard InChI is InChI=1S/C14H17F3O2/c15-14(16,17)11-5-3-6-12(8-11)19-13-7-2-1-4-10(13)9-18/h3,5-6,8,10,13,18H,1-2,4,7,9H2/t10-,13+/m0/s1. The highest BCUT2D eigenvalue weighted by Crippen LogP contribution is 2.33. The lowest BCUT2D eigenvalue weighted by Crippen LogP contribution is -2.32. The van der Waals surface area contributed by atoms with E-state index in [1.54, 1.807) is 0 Å². The van der Waals surface area contributed by atoms with Gasteiger partial charge in [0.05, 0.1) is 5.56 Å². The van der Waals surface area contributed by atoms with Crippen LogP contribution in [0.4, 0.5) is 13.2 Å². The predicted molar refractivity (Wildman–Crippen MR) is 64.9 cm³/mol. The molecule has 0 aliphatic heterocycles. The molecule has 0 heterocycles. The third kappa shape index (κ3) is 3.62. The number of aliphatic hydroxyl groups is 1. The van der Waals surface area contributed by atoms with Crippen LogP contribution >= 0.6 is 0 Å². The van der Waals surface area contributed by atoms with E-state index in [4.69, 9.17) is 4.74 Å². The molecule has 1 fully saturated rings. The summed E-state index contributed by atoms with van der Waals surface area (Å²) in [6, 6.07) is 4.91. The fraction of sp³-hybridized carbons (Fsp3) is 0.571. The van der Waals surface area contributed by atoms with Gasteiger partial charge in [-0.25, -0.2) is 0 Å². The number of hydrogen-bond acceptors (Lipinski definition) is 2. The fourth-order valence-corrected chi connectivity index (χ4v) is 2.46. The SMILES string of the molecule is OC[C@@H]1CCCC[C@H]1Oc1cccc(C(F)(F)F)c1. The first-order valence-corrected chi connectivity index (χ1v) is 6.45. The largest absolute Gasteiger partial charge is 0.490 e. The molecule has 1 aromatic rings. The van der Waals surface area contributed by atoms with E-state index in [-0.39, 0.29) is 24.4 Å². The van der Waals surface area contributed by atoms with Gasteiger partial charge in [-0.15, -0.1) is 0 Å². The molecule has 1 saturated carbocycles. The maximum atomic E-state index is 12.6. The Morgan fingerprint density at radius 2 is 1.95 bits per heavy atom. The molecule has 0 radical (unpaired) electrons. The number of ether oxygens (including phenoxy) is 1. The van der Waals surface area contributed by atoms with E-state index in [0.29, 0.717) is 0 Å². The van der Waals surface area contributed by atoms with Crippen LogP contribution in [0.1, 0.15) is 31.2 Å². The zero-order valence-corrected chi connectivity index (χ0v) is 10.5. The summed E-state index contributed by atoms with van der Waals surface area (Å²) < 4.78 is 43.4. The van der Waals surface area contributed by atoms with Gasteiger partial charge in [0, 0.05) is 12.5 Å². The summed E-state index contributed by atoms with van der Waals surface area (Å²) >= 11 is 0. The van der Waals surface area contributed by atoms with Crippen molar-refractivity contribution in [1.82, 2.24) is 0 Å². The molecule has 19 heavy (non-hydrogen) atoms. The molecule has 5 heteroatoms. The van der Waals surface area contributed by atoms with Crippen molar-refractivity contribution in [3.05, 3.63) is 29.8 Å². The van der Waals surface area contributed by atoms with Gasteiger partial charge in [-0.05, 0) is 37.5 Å². The zero-order chi connectivity index (χ0) is 13.9. The van der Waals surface area contributed by atoms with Crippen LogP contribution in [-0.2, 0) is 6.18 Å². The van der Waals surface area contributed by atoms with Crippen LogP contribution < -0.4 is 4.74 Å². The van der Waals surface area contributed by atoms with Crippen LogP contribution in [0.5, 0.6) is 5.75 Å². The zero-order valence-electron chi connectivity index (χ0n) is 10.5. The Morgan fingerprint density at radius 3 is 2.63 bits per heavy atom. The van der Waals surface area contributed by atoms with Gasteiger partial charge < -0.3 is 9.84 Å². The number of hydrogen-bond donors (Lipinski definition) is 1. The lowest BCUT2D eigenvalue weighted by molar-refractivity contribution is -0.137. The summed E-state index contributed by atoms with van der Waals surface area (Å²) in [5.41, 5.74) is -0.707. The summed E-state index contributed by atoms with van der Waals surface area (Å²) in [5, 5.41) is 9.26. The molecular weight excluding hydrogens is 257 g/mol. The molecule has 2 atom stereocenters. The van der Waals surface area contributed by atoms with Gasteiger partial charge in [-0.1, -0.05) is 12.5 Å². The highest BCUT2D eigenvalue weighted by molar-refractivity contribution is 5.30. The normalized spacial score (nSPS) is 24.2. The number of benzene rings is 1. The number of halogens is 3. The third-order valence-corrected chi connectivity index (χ3v) is 3.52. The molecule has 2 nitrogen and oxygen atoms in total. The lowest BCUT2D eigenvalue weighted by Gasteiger charge is -2.30. The van der Waals surface area contributed by atoms with Crippen molar-refractivity contribution in [2.75, 3.05) is 6.61 Å². The quantitative estimate of drug-likeness (QED) is 0.912. The highest BCUT2D eigenvalue weighted by Gasteiger charge is 2.31.